The van der Waals surface area contributed by atoms with Crippen molar-refractivity contribution >= 4 is 11.9 Å². The molecule has 1 aromatic rings. The van der Waals surface area contributed by atoms with E-state index in [4.69, 9.17) is 0 Å². The van der Waals surface area contributed by atoms with Crippen LogP contribution in [0, 0.1) is 0 Å². The quantitative estimate of drug-likeness (QED) is 0.712. The summed E-state index contributed by atoms with van der Waals surface area (Å²) in [5.41, 5.74) is 1.64. The zero-order valence-corrected chi connectivity index (χ0v) is 17.6. The van der Waals surface area contributed by atoms with Gasteiger partial charge in [0.15, 0.2) is 0 Å². The average molecular weight is 420 g/mol. The van der Waals surface area contributed by atoms with Crippen LogP contribution in [0.2, 0.25) is 0 Å². The molecule has 1 saturated heterocycles. The molecule has 0 aromatic carbocycles. The molecule has 1 aromatic heterocycles. The summed E-state index contributed by atoms with van der Waals surface area (Å²) in [5.74, 6) is -1.67. The summed E-state index contributed by atoms with van der Waals surface area (Å²) in [5, 5.41) is 18.6. The first kappa shape index (κ1) is 22.6. The summed E-state index contributed by atoms with van der Waals surface area (Å²) in [4.78, 5) is 36.1. The third-order valence-electron chi connectivity index (χ3n) is 5.72. The second kappa shape index (κ2) is 11.4. The van der Waals surface area contributed by atoms with Crippen molar-refractivity contribution in [2.75, 3.05) is 65.4 Å². The molecule has 166 valence electrons. The maximum absolute atomic E-state index is 11.3. The Balaban J connectivity index is 1.75. The van der Waals surface area contributed by atoms with Crippen molar-refractivity contribution in [3.63, 3.8) is 0 Å². The number of nitrogens with zero attached hydrogens (tertiary/aromatic N) is 5. The number of aromatic nitrogens is 1. The topological polar surface area (TPSA) is 100 Å². The van der Waals surface area contributed by atoms with E-state index in [9.17, 15) is 19.8 Å². The van der Waals surface area contributed by atoms with Crippen LogP contribution in [0.25, 0.3) is 0 Å². The van der Waals surface area contributed by atoms with E-state index in [0.717, 1.165) is 63.5 Å². The van der Waals surface area contributed by atoms with Crippen molar-refractivity contribution in [2.24, 2.45) is 0 Å². The van der Waals surface area contributed by atoms with Crippen molar-refractivity contribution in [3.8, 4) is 0 Å². The Kier molecular flexibility index (Phi) is 8.56. The lowest BCUT2D eigenvalue weighted by molar-refractivity contribution is -0.139. The lowest BCUT2D eigenvalue weighted by atomic mass is 10.2. The van der Waals surface area contributed by atoms with Gasteiger partial charge >= 0.3 is 11.9 Å². The minimum Gasteiger partial charge on any atom is -0.480 e. The number of piperazine rings is 1. The molecule has 0 spiro atoms. The number of hydrogen-bond acceptors (Lipinski definition) is 7. The molecule has 0 unspecified atom stereocenters. The first-order valence-electron chi connectivity index (χ1n) is 10.8. The molecule has 0 aliphatic carbocycles. The minimum atomic E-state index is -0.835. The Morgan fingerprint density at radius 2 is 1.17 bits per heavy atom. The van der Waals surface area contributed by atoms with Crippen molar-refractivity contribution < 1.29 is 19.8 Å². The normalized spacial score (nSPS) is 24.9. The molecule has 3 aliphatic rings. The number of aliphatic carboxylic acids is 2. The lowest BCUT2D eigenvalue weighted by Crippen LogP contribution is -2.47. The highest BCUT2D eigenvalue weighted by Gasteiger charge is 2.19. The van der Waals surface area contributed by atoms with Gasteiger partial charge in [-0.2, -0.15) is 0 Å². The van der Waals surface area contributed by atoms with Gasteiger partial charge < -0.3 is 20.0 Å². The van der Waals surface area contributed by atoms with Gasteiger partial charge in [-0.1, -0.05) is 6.07 Å². The SMILES string of the molecule is O=C(O)CN1CCCN2CCN(CCCN(CC(=O)O)Cc3cccc(n3)C1)CC2. The van der Waals surface area contributed by atoms with E-state index in [1.54, 1.807) is 0 Å². The van der Waals surface area contributed by atoms with E-state index in [1.165, 1.54) is 0 Å². The second-order valence-electron chi connectivity index (χ2n) is 8.22. The van der Waals surface area contributed by atoms with Crippen LogP contribution in [0.5, 0.6) is 0 Å². The molecule has 0 atom stereocenters. The van der Waals surface area contributed by atoms with Gasteiger partial charge in [-0.25, -0.2) is 0 Å². The fourth-order valence-corrected chi connectivity index (χ4v) is 4.25. The van der Waals surface area contributed by atoms with Gasteiger partial charge in [-0.05, 0) is 38.1 Å². The highest BCUT2D eigenvalue weighted by atomic mass is 16.4. The van der Waals surface area contributed by atoms with E-state index in [1.807, 2.05) is 28.0 Å². The summed E-state index contributed by atoms with van der Waals surface area (Å²) in [6, 6.07) is 5.74. The van der Waals surface area contributed by atoms with Gasteiger partial charge in [0.2, 0.25) is 0 Å². The molecule has 1 fully saturated rings. The number of carboxylic acids is 2. The Bertz CT molecular complexity index is 653. The maximum Gasteiger partial charge on any atom is 0.317 e. The number of pyridine rings is 1. The van der Waals surface area contributed by atoms with Gasteiger partial charge in [-0.3, -0.25) is 24.4 Å². The minimum absolute atomic E-state index is 0.00910. The van der Waals surface area contributed by atoms with Crippen LogP contribution in [0.3, 0.4) is 0 Å². The summed E-state index contributed by atoms with van der Waals surface area (Å²) < 4.78 is 0. The second-order valence-corrected chi connectivity index (χ2v) is 8.22. The van der Waals surface area contributed by atoms with Gasteiger partial charge in [0, 0.05) is 52.4 Å². The maximum atomic E-state index is 11.3. The fraction of sp³-hybridized carbons (Fsp3) is 0.667. The predicted molar refractivity (Wildman–Crippen MR) is 112 cm³/mol. The Labute approximate surface area is 177 Å². The first-order valence-corrected chi connectivity index (χ1v) is 10.8. The number of carboxylic acid groups (broad SMARTS) is 2. The van der Waals surface area contributed by atoms with Gasteiger partial charge in [0.25, 0.3) is 0 Å². The Morgan fingerprint density at radius 1 is 0.733 bits per heavy atom. The van der Waals surface area contributed by atoms with Gasteiger partial charge in [0.05, 0.1) is 24.5 Å². The molecule has 9 heteroatoms. The third kappa shape index (κ3) is 7.64. The van der Waals surface area contributed by atoms with Crippen LogP contribution in [-0.4, -0.2) is 112 Å². The molecule has 3 aliphatic heterocycles. The number of carbonyl (C=O) groups is 2. The van der Waals surface area contributed by atoms with E-state index in [0.29, 0.717) is 26.2 Å². The van der Waals surface area contributed by atoms with E-state index in [-0.39, 0.29) is 13.1 Å². The summed E-state index contributed by atoms with van der Waals surface area (Å²) in [6.07, 6.45) is 1.86. The zero-order valence-electron chi connectivity index (χ0n) is 17.6. The van der Waals surface area contributed by atoms with Crippen molar-refractivity contribution in [2.45, 2.75) is 25.9 Å². The lowest BCUT2D eigenvalue weighted by Gasteiger charge is -2.35. The van der Waals surface area contributed by atoms with Crippen LogP contribution in [0.1, 0.15) is 24.2 Å². The van der Waals surface area contributed by atoms with Crippen LogP contribution in [-0.2, 0) is 22.7 Å². The van der Waals surface area contributed by atoms with Gasteiger partial charge in [-0.15, -0.1) is 0 Å². The van der Waals surface area contributed by atoms with Crippen LogP contribution in [0.15, 0.2) is 18.2 Å². The fourth-order valence-electron chi connectivity index (χ4n) is 4.25. The van der Waals surface area contributed by atoms with E-state index in [2.05, 4.69) is 14.8 Å². The molecular weight excluding hydrogens is 386 g/mol. The highest BCUT2D eigenvalue weighted by molar-refractivity contribution is 5.69. The highest BCUT2D eigenvalue weighted by Crippen LogP contribution is 2.10. The van der Waals surface area contributed by atoms with Crippen molar-refractivity contribution in [3.05, 3.63) is 29.6 Å². The number of fused-ring (bicyclic) bond motifs is 10. The molecule has 30 heavy (non-hydrogen) atoms. The molecule has 9 nitrogen and oxygen atoms in total. The third-order valence-corrected chi connectivity index (χ3v) is 5.72. The zero-order chi connectivity index (χ0) is 21.3. The summed E-state index contributed by atoms with van der Waals surface area (Å²) >= 11 is 0. The van der Waals surface area contributed by atoms with Gasteiger partial charge in [0.1, 0.15) is 0 Å². The van der Waals surface area contributed by atoms with Crippen LogP contribution >= 0.6 is 0 Å². The predicted octanol–water partition coefficient (Wildman–Crippen LogP) is 0.266. The monoisotopic (exact) mass is 419 g/mol. The van der Waals surface area contributed by atoms with Crippen LogP contribution in [0.4, 0.5) is 0 Å². The molecular formula is C21H33N5O4. The van der Waals surface area contributed by atoms with E-state index < -0.39 is 11.9 Å². The Morgan fingerprint density at radius 3 is 1.57 bits per heavy atom. The molecule has 4 heterocycles. The smallest absolute Gasteiger partial charge is 0.317 e. The largest absolute Gasteiger partial charge is 0.480 e. The van der Waals surface area contributed by atoms with E-state index >= 15 is 0 Å². The number of rotatable bonds is 4. The molecule has 0 radical (unpaired) electrons. The molecule has 0 saturated carbocycles. The molecule has 4 bridgehead atoms. The average Bonchev–Trinajstić information content (AvgIpc) is 2.68. The first-order chi connectivity index (χ1) is 14.5. The summed E-state index contributed by atoms with van der Waals surface area (Å²) in [7, 11) is 0. The molecule has 0 amide bonds. The number of hydrogen-bond donors (Lipinski definition) is 2. The Hall–Kier alpha value is -2.07. The summed E-state index contributed by atoms with van der Waals surface area (Å²) in [6.45, 7) is 8.43. The standard InChI is InChI=1S/C21H33N5O4/c27-20(28)16-25-8-2-6-23-10-12-24(13-11-23)7-3-9-26(17-21(29)30)15-19-5-1-4-18(14-25)22-19/h1,4-5H,2-3,6-17H2,(H,27,28)(H,29,30). The van der Waals surface area contributed by atoms with Crippen molar-refractivity contribution in [1.82, 2.24) is 24.6 Å². The molecule has 4 rings (SSSR count). The van der Waals surface area contributed by atoms with Crippen molar-refractivity contribution in [1.29, 1.82) is 0 Å². The molecule has 2 N–H and O–H groups in total. The van der Waals surface area contributed by atoms with Crippen LogP contribution < -0.4 is 0 Å².